The Hall–Kier alpha value is -0.260. The minimum atomic E-state index is -0.532. The van der Waals surface area contributed by atoms with E-state index in [9.17, 15) is 4.79 Å². The molecular weight excluding hydrogens is 284 g/mol. The first-order valence-corrected chi connectivity index (χ1v) is 7.99. The molecule has 1 aromatic rings. The molecule has 0 saturated carbocycles. The number of benzene rings is 1. The third-order valence-corrected chi connectivity index (χ3v) is 4.06. The number of thiol groups is 2. The number of carbonyl (C=O) groups is 1. The van der Waals surface area contributed by atoms with Crippen LogP contribution in [0.25, 0.3) is 0 Å². The Kier molecular flexibility index (Phi) is 5.95. The third-order valence-electron chi connectivity index (χ3n) is 2.81. The highest BCUT2D eigenvalue weighted by atomic mass is 33.1. The largest absolute Gasteiger partial charge is 0.455 e. The number of rotatable bonds is 5. The zero-order valence-electron chi connectivity index (χ0n) is 10.7. The molecule has 1 rings (SSSR count). The van der Waals surface area contributed by atoms with Crippen molar-refractivity contribution in [3.8, 4) is 0 Å². The van der Waals surface area contributed by atoms with Gasteiger partial charge in [0, 0.05) is 4.90 Å². The van der Waals surface area contributed by atoms with Crippen LogP contribution in [0, 0.1) is 0 Å². The normalized spacial score (nSPS) is 13.2. The average Bonchev–Trinajstić information content (AvgIpc) is 2.27. The molecule has 2 nitrogen and oxygen atoms in total. The molecule has 100 valence electrons. The van der Waals surface area contributed by atoms with Crippen LogP contribution < -0.4 is 0 Å². The first-order chi connectivity index (χ1) is 8.36. The van der Waals surface area contributed by atoms with E-state index in [1.807, 2.05) is 25.1 Å². The van der Waals surface area contributed by atoms with Crippen LogP contribution in [0.15, 0.2) is 29.2 Å². The zero-order chi connectivity index (χ0) is 13.8. The van der Waals surface area contributed by atoms with E-state index in [1.54, 1.807) is 0 Å². The highest BCUT2D eigenvalue weighted by Gasteiger charge is 2.27. The van der Waals surface area contributed by atoms with E-state index in [0.717, 1.165) is 11.3 Å². The lowest BCUT2D eigenvalue weighted by atomic mass is 9.80. The van der Waals surface area contributed by atoms with Crippen LogP contribution in [0.2, 0.25) is 0 Å². The minimum Gasteiger partial charge on any atom is -0.455 e. The van der Waals surface area contributed by atoms with Crippen molar-refractivity contribution < 1.29 is 9.53 Å². The van der Waals surface area contributed by atoms with Gasteiger partial charge in [0.05, 0.1) is 0 Å². The highest BCUT2D eigenvalue weighted by Crippen LogP contribution is 2.37. The summed E-state index contributed by atoms with van der Waals surface area (Å²) in [5.41, 5.74) is 1.13. The fraction of sp³-hybridized carbons (Fsp3) is 0.462. The zero-order valence-corrected chi connectivity index (χ0v) is 13.3. The Balaban J connectivity index is 2.88. The van der Waals surface area contributed by atoms with Gasteiger partial charge >= 0.3 is 5.30 Å². The van der Waals surface area contributed by atoms with Gasteiger partial charge in [-0.1, -0.05) is 55.5 Å². The average molecular weight is 302 g/mol. The van der Waals surface area contributed by atoms with Gasteiger partial charge in [-0.15, -0.1) is 11.7 Å². The standard InChI is InChI=1S/C13H18O2S3/c1-9(15-12(14)16)8-13(2,3)10-6-4-5-7-11(10)18-17/h4-7,9,17H,8H2,1-3H3,(H,14,16). The van der Waals surface area contributed by atoms with Gasteiger partial charge in [-0.2, -0.15) is 0 Å². The van der Waals surface area contributed by atoms with Crippen LogP contribution in [0.4, 0.5) is 4.79 Å². The van der Waals surface area contributed by atoms with Crippen LogP contribution in [0.5, 0.6) is 0 Å². The van der Waals surface area contributed by atoms with Crippen molar-refractivity contribution in [1.29, 1.82) is 0 Å². The fourth-order valence-corrected chi connectivity index (χ4v) is 3.39. The van der Waals surface area contributed by atoms with Gasteiger partial charge in [-0.3, -0.25) is 0 Å². The minimum absolute atomic E-state index is 0.0883. The summed E-state index contributed by atoms with van der Waals surface area (Å²) in [7, 11) is 1.43. The topological polar surface area (TPSA) is 26.3 Å². The van der Waals surface area contributed by atoms with Crippen molar-refractivity contribution in [2.75, 3.05) is 0 Å². The molecule has 0 spiro atoms. The summed E-state index contributed by atoms with van der Waals surface area (Å²) in [6.45, 7) is 6.16. The summed E-state index contributed by atoms with van der Waals surface area (Å²) in [4.78, 5) is 12.0. The van der Waals surface area contributed by atoms with Gasteiger partial charge in [-0.05, 0) is 30.4 Å². The first-order valence-electron chi connectivity index (χ1n) is 5.67. The number of ether oxygens (including phenoxy) is 1. The van der Waals surface area contributed by atoms with Crippen LogP contribution in [0.1, 0.15) is 32.8 Å². The SMILES string of the molecule is CC(CC(C)(C)c1ccccc1SS)OC(=O)S. The maximum absolute atomic E-state index is 10.8. The predicted molar refractivity (Wildman–Crippen MR) is 83.9 cm³/mol. The van der Waals surface area contributed by atoms with E-state index in [1.165, 1.54) is 16.4 Å². The van der Waals surface area contributed by atoms with Crippen molar-refractivity contribution >= 4 is 40.4 Å². The molecule has 0 saturated heterocycles. The van der Waals surface area contributed by atoms with Crippen molar-refractivity contribution in [2.24, 2.45) is 0 Å². The Bertz CT molecular complexity index is 418. The molecule has 0 heterocycles. The van der Waals surface area contributed by atoms with Gasteiger partial charge in [-0.25, -0.2) is 4.79 Å². The summed E-state index contributed by atoms with van der Waals surface area (Å²) < 4.78 is 5.08. The Morgan fingerprint density at radius 1 is 1.44 bits per heavy atom. The summed E-state index contributed by atoms with van der Waals surface area (Å²) in [6, 6.07) is 8.15. The molecule has 1 unspecified atom stereocenters. The molecule has 0 aliphatic carbocycles. The second-order valence-electron chi connectivity index (χ2n) is 4.87. The van der Waals surface area contributed by atoms with Crippen LogP contribution in [-0.2, 0) is 10.2 Å². The van der Waals surface area contributed by atoms with Crippen LogP contribution in [0.3, 0.4) is 0 Å². The van der Waals surface area contributed by atoms with Crippen molar-refractivity contribution in [3.05, 3.63) is 29.8 Å². The molecule has 18 heavy (non-hydrogen) atoms. The predicted octanol–water partition coefficient (Wildman–Crippen LogP) is 4.75. The smallest absolute Gasteiger partial charge is 0.364 e. The molecule has 5 heteroatoms. The van der Waals surface area contributed by atoms with E-state index < -0.39 is 5.30 Å². The Morgan fingerprint density at radius 2 is 2.06 bits per heavy atom. The fourth-order valence-electron chi connectivity index (χ4n) is 2.15. The molecule has 0 aliphatic heterocycles. The lowest BCUT2D eigenvalue weighted by molar-refractivity contribution is 0.114. The van der Waals surface area contributed by atoms with E-state index in [2.05, 4.69) is 44.2 Å². The molecule has 0 bridgehead atoms. The molecule has 1 atom stereocenters. The van der Waals surface area contributed by atoms with E-state index in [0.29, 0.717) is 0 Å². The monoisotopic (exact) mass is 302 g/mol. The second kappa shape index (κ2) is 6.78. The maximum Gasteiger partial charge on any atom is 0.364 e. The van der Waals surface area contributed by atoms with Crippen LogP contribution in [-0.4, -0.2) is 11.4 Å². The molecule has 0 aromatic heterocycles. The van der Waals surface area contributed by atoms with E-state index in [4.69, 9.17) is 4.74 Å². The molecule has 0 aliphatic rings. The van der Waals surface area contributed by atoms with Gasteiger partial charge in [0.1, 0.15) is 6.10 Å². The summed E-state index contributed by atoms with van der Waals surface area (Å²) >= 11 is 7.91. The Morgan fingerprint density at radius 3 is 2.61 bits per heavy atom. The maximum atomic E-state index is 10.8. The molecule has 0 N–H and O–H groups in total. The quantitative estimate of drug-likeness (QED) is 0.467. The van der Waals surface area contributed by atoms with Crippen molar-refractivity contribution in [3.63, 3.8) is 0 Å². The number of carbonyl (C=O) groups excluding carboxylic acids is 1. The lowest BCUT2D eigenvalue weighted by Gasteiger charge is -2.29. The molecule has 0 radical (unpaired) electrons. The first kappa shape index (κ1) is 15.8. The molecular formula is C13H18O2S3. The van der Waals surface area contributed by atoms with Gasteiger partial charge in [0.15, 0.2) is 0 Å². The molecule has 0 amide bonds. The summed E-state index contributed by atoms with van der Waals surface area (Å²) in [5, 5.41) is -0.532. The van der Waals surface area contributed by atoms with Gasteiger partial charge in [0.2, 0.25) is 0 Å². The highest BCUT2D eigenvalue weighted by molar-refractivity contribution is 8.68. The van der Waals surface area contributed by atoms with Crippen molar-refractivity contribution in [1.82, 2.24) is 0 Å². The van der Waals surface area contributed by atoms with E-state index >= 15 is 0 Å². The summed E-state index contributed by atoms with van der Waals surface area (Å²) in [5.74, 6) is 0. The lowest BCUT2D eigenvalue weighted by Crippen LogP contribution is -2.26. The Labute approximate surface area is 123 Å². The van der Waals surface area contributed by atoms with Gasteiger partial charge in [0.25, 0.3) is 0 Å². The van der Waals surface area contributed by atoms with Crippen molar-refractivity contribution in [2.45, 2.75) is 43.6 Å². The molecule has 0 fully saturated rings. The second-order valence-corrected chi connectivity index (χ2v) is 6.41. The third kappa shape index (κ3) is 4.44. The van der Waals surface area contributed by atoms with Gasteiger partial charge < -0.3 is 4.74 Å². The number of hydrogen-bond donors (Lipinski definition) is 2. The van der Waals surface area contributed by atoms with Crippen LogP contribution >= 0.6 is 35.1 Å². The van der Waals surface area contributed by atoms with E-state index in [-0.39, 0.29) is 11.5 Å². The summed E-state index contributed by atoms with van der Waals surface area (Å²) in [6.07, 6.45) is 0.577. The number of hydrogen-bond acceptors (Lipinski definition) is 4. The molecule has 1 aromatic carbocycles.